The van der Waals surface area contributed by atoms with Crippen molar-refractivity contribution in [3.8, 4) is 11.1 Å². The summed E-state index contributed by atoms with van der Waals surface area (Å²) < 4.78 is 0. The van der Waals surface area contributed by atoms with Gasteiger partial charge < -0.3 is 16.0 Å². The quantitative estimate of drug-likeness (QED) is 0.495. The summed E-state index contributed by atoms with van der Waals surface area (Å²) in [6.07, 6.45) is 1.95. The third-order valence-electron chi connectivity index (χ3n) is 5.14. The van der Waals surface area contributed by atoms with Crippen LogP contribution in [0.3, 0.4) is 0 Å². The molecule has 3 aromatic heterocycles. The van der Waals surface area contributed by atoms with E-state index in [0.29, 0.717) is 5.65 Å². The van der Waals surface area contributed by atoms with Crippen LogP contribution in [0.1, 0.15) is 37.4 Å². The van der Waals surface area contributed by atoms with Gasteiger partial charge in [0.05, 0.1) is 6.04 Å². The second-order valence-corrected chi connectivity index (χ2v) is 8.05. The number of nitrogens with two attached hydrogens (primary N) is 1. The minimum atomic E-state index is -0.581. The number of anilines is 1. The van der Waals surface area contributed by atoms with Crippen molar-refractivity contribution in [1.82, 2.24) is 15.2 Å². The molecule has 5 rings (SSSR count). The summed E-state index contributed by atoms with van der Waals surface area (Å²) in [7, 11) is 0. The Kier molecular flexibility index (Phi) is 3.35. The topological polar surface area (TPSA) is 96.7 Å². The second-order valence-electron chi connectivity index (χ2n) is 6.77. The third kappa shape index (κ3) is 2.28. The number of rotatable bonds is 2. The summed E-state index contributed by atoms with van der Waals surface area (Å²) in [6.45, 7) is 4.25. The first kappa shape index (κ1) is 16.0. The van der Waals surface area contributed by atoms with Crippen LogP contribution in [0.5, 0.6) is 0 Å². The van der Waals surface area contributed by atoms with Gasteiger partial charge in [0.2, 0.25) is 0 Å². The molecule has 0 spiro atoms. The van der Waals surface area contributed by atoms with Crippen LogP contribution in [0.4, 0.5) is 5.69 Å². The maximum absolute atomic E-state index is 12.1. The van der Waals surface area contributed by atoms with Crippen molar-refractivity contribution >= 4 is 34.0 Å². The van der Waals surface area contributed by atoms with E-state index in [-0.39, 0.29) is 11.7 Å². The highest BCUT2D eigenvalue weighted by atomic mass is 32.1. The molecule has 1 atom stereocenters. The molecule has 1 aliphatic heterocycles. The van der Waals surface area contributed by atoms with E-state index in [1.807, 2.05) is 30.5 Å². The van der Waals surface area contributed by atoms with Crippen LogP contribution < -0.4 is 11.1 Å². The summed E-state index contributed by atoms with van der Waals surface area (Å²) in [5.41, 5.74) is 11.4. The van der Waals surface area contributed by atoms with E-state index in [0.717, 1.165) is 27.8 Å². The molecule has 1 aliphatic rings. The van der Waals surface area contributed by atoms with Crippen LogP contribution in [-0.2, 0) is 0 Å². The number of thiophene rings is 1. The summed E-state index contributed by atoms with van der Waals surface area (Å²) in [5.74, 6) is -0.581. The van der Waals surface area contributed by atoms with E-state index in [4.69, 9.17) is 5.73 Å². The molecule has 1 amide bonds. The first-order valence-corrected chi connectivity index (χ1v) is 9.46. The van der Waals surface area contributed by atoms with E-state index in [1.165, 1.54) is 15.3 Å². The van der Waals surface area contributed by atoms with Gasteiger partial charge in [-0.05, 0) is 31.5 Å². The van der Waals surface area contributed by atoms with Gasteiger partial charge in [-0.2, -0.15) is 0 Å². The highest BCUT2D eigenvalue weighted by Crippen LogP contribution is 2.45. The number of hydrogen-bond acceptors (Lipinski definition) is 5. The number of benzene rings is 1. The zero-order valence-corrected chi connectivity index (χ0v) is 15.6. The Morgan fingerprint density at radius 1 is 1.22 bits per heavy atom. The number of nitrogens with one attached hydrogen (secondary N) is 2. The van der Waals surface area contributed by atoms with Crippen molar-refractivity contribution in [3.63, 3.8) is 0 Å². The molecule has 0 saturated carbocycles. The monoisotopic (exact) mass is 375 g/mol. The molecular formula is C20H17N5OS. The highest BCUT2D eigenvalue weighted by molar-refractivity contribution is 7.12. The van der Waals surface area contributed by atoms with E-state index in [1.54, 1.807) is 11.3 Å². The molecule has 0 radical (unpaired) electrons. The van der Waals surface area contributed by atoms with E-state index in [2.05, 4.69) is 40.4 Å². The maximum Gasteiger partial charge on any atom is 0.269 e. The predicted octanol–water partition coefficient (Wildman–Crippen LogP) is 3.92. The molecule has 4 aromatic rings. The lowest BCUT2D eigenvalue weighted by molar-refractivity contribution is 0.0995. The fourth-order valence-corrected chi connectivity index (χ4v) is 4.84. The Hall–Kier alpha value is -3.19. The van der Waals surface area contributed by atoms with Crippen molar-refractivity contribution in [1.29, 1.82) is 0 Å². The average Bonchev–Trinajstić information content (AvgIpc) is 3.18. The average molecular weight is 375 g/mol. The van der Waals surface area contributed by atoms with Gasteiger partial charge in [-0.25, -0.2) is 0 Å². The molecule has 6 nitrogen and oxygen atoms in total. The smallest absolute Gasteiger partial charge is 0.269 e. The standard InChI is InChI=1S/C20H17N5OS/c1-9-7-14(27-10(9)2)17-12-8-22-20-16(12)15(18(19(21)26)24-25-20)11-5-3-4-6-13(11)23-17/h3-8,17,23H,1-2H3,(H2,21,26)(H,22,25). The number of aryl methyl sites for hydroxylation is 2. The summed E-state index contributed by atoms with van der Waals surface area (Å²) in [6, 6.07) is 10.1. The van der Waals surface area contributed by atoms with Gasteiger partial charge in [-0.15, -0.1) is 21.5 Å². The number of amides is 1. The zero-order valence-electron chi connectivity index (χ0n) is 14.8. The lowest BCUT2D eigenvalue weighted by atomic mass is 9.97. The Labute approximate surface area is 159 Å². The number of carbonyl (C=O) groups excluding carboxylic acids is 1. The number of aromatic nitrogens is 3. The van der Waals surface area contributed by atoms with E-state index in [9.17, 15) is 4.79 Å². The lowest BCUT2D eigenvalue weighted by Crippen LogP contribution is -2.15. The molecule has 1 aromatic carbocycles. The first-order valence-electron chi connectivity index (χ1n) is 8.65. The van der Waals surface area contributed by atoms with Gasteiger partial charge in [0.25, 0.3) is 5.91 Å². The van der Waals surface area contributed by atoms with E-state index < -0.39 is 5.91 Å². The molecule has 0 aliphatic carbocycles. The van der Waals surface area contributed by atoms with Gasteiger partial charge in [0, 0.05) is 43.7 Å². The molecule has 7 heteroatoms. The SMILES string of the molecule is Cc1cc(C2Nc3ccccc3-c3c(C(N)=O)nnc4[nH]cc2c34)sc1C. The fourth-order valence-electron chi connectivity index (χ4n) is 3.73. The number of H-pyrrole nitrogens is 1. The highest BCUT2D eigenvalue weighted by Gasteiger charge is 2.30. The van der Waals surface area contributed by atoms with Gasteiger partial charge in [0.15, 0.2) is 11.3 Å². The molecule has 0 bridgehead atoms. The fraction of sp³-hybridized carbons (Fsp3) is 0.150. The molecule has 0 fully saturated rings. The molecule has 134 valence electrons. The second kappa shape index (κ2) is 5.65. The number of aromatic amines is 1. The predicted molar refractivity (Wildman–Crippen MR) is 107 cm³/mol. The number of carbonyl (C=O) groups is 1. The number of para-hydroxylation sites is 1. The van der Waals surface area contributed by atoms with E-state index >= 15 is 0 Å². The Morgan fingerprint density at radius 2 is 2.04 bits per heavy atom. The van der Waals surface area contributed by atoms with Crippen LogP contribution >= 0.6 is 11.3 Å². The Bertz CT molecular complexity index is 1200. The number of primary amides is 1. The number of fused-ring (bicyclic) bond motifs is 2. The zero-order chi connectivity index (χ0) is 18.7. The van der Waals surface area contributed by atoms with Gasteiger partial charge in [0.1, 0.15) is 0 Å². The van der Waals surface area contributed by atoms with Gasteiger partial charge in [-0.3, -0.25) is 4.79 Å². The Balaban J connectivity index is 1.90. The Morgan fingerprint density at radius 3 is 2.78 bits per heavy atom. The number of hydrogen-bond donors (Lipinski definition) is 3. The van der Waals surface area contributed by atoms with Crippen LogP contribution in [0.15, 0.2) is 36.5 Å². The van der Waals surface area contributed by atoms with Crippen molar-refractivity contribution in [3.05, 3.63) is 63.1 Å². The normalized spacial score (nSPS) is 15.3. The minimum Gasteiger partial charge on any atom is -0.373 e. The summed E-state index contributed by atoms with van der Waals surface area (Å²) >= 11 is 1.77. The van der Waals surface area contributed by atoms with Crippen molar-refractivity contribution in [2.24, 2.45) is 5.73 Å². The van der Waals surface area contributed by atoms with Gasteiger partial charge >= 0.3 is 0 Å². The first-order chi connectivity index (χ1) is 13.0. The summed E-state index contributed by atoms with van der Waals surface area (Å²) in [4.78, 5) is 17.8. The third-order valence-corrected chi connectivity index (χ3v) is 6.35. The largest absolute Gasteiger partial charge is 0.373 e. The lowest BCUT2D eigenvalue weighted by Gasteiger charge is -2.17. The van der Waals surface area contributed by atoms with Crippen molar-refractivity contribution in [2.45, 2.75) is 19.9 Å². The number of nitrogens with zero attached hydrogens (tertiary/aromatic N) is 2. The van der Waals surface area contributed by atoms with Crippen LogP contribution in [0, 0.1) is 13.8 Å². The summed E-state index contributed by atoms with van der Waals surface area (Å²) in [5, 5.41) is 12.9. The molecule has 0 saturated heterocycles. The minimum absolute atomic E-state index is 0.0523. The molecular weight excluding hydrogens is 358 g/mol. The molecule has 4 heterocycles. The maximum atomic E-state index is 12.1. The van der Waals surface area contributed by atoms with Crippen molar-refractivity contribution in [2.75, 3.05) is 5.32 Å². The van der Waals surface area contributed by atoms with Crippen molar-refractivity contribution < 1.29 is 4.79 Å². The van der Waals surface area contributed by atoms with Crippen LogP contribution in [0.2, 0.25) is 0 Å². The van der Waals surface area contributed by atoms with Gasteiger partial charge in [-0.1, -0.05) is 18.2 Å². The molecule has 27 heavy (non-hydrogen) atoms. The van der Waals surface area contributed by atoms with Crippen LogP contribution in [-0.4, -0.2) is 21.1 Å². The molecule has 4 N–H and O–H groups in total. The molecule has 1 unspecified atom stereocenters. The van der Waals surface area contributed by atoms with Crippen LogP contribution in [0.25, 0.3) is 22.2 Å².